The Kier molecular flexibility index (Phi) is 3.81. The van der Waals surface area contributed by atoms with Crippen molar-refractivity contribution in [1.82, 2.24) is 9.97 Å². The molecule has 1 saturated heterocycles. The first-order valence-electron chi connectivity index (χ1n) is 5.51. The summed E-state index contributed by atoms with van der Waals surface area (Å²) < 4.78 is 0.728. The van der Waals surface area contributed by atoms with Gasteiger partial charge in [0.15, 0.2) is 0 Å². The van der Waals surface area contributed by atoms with Crippen LogP contribution in [0.1, 0.15) is 43.0 Å². The molecule has 0 spiro atoms. The molecule has 0 bridgehead atoms. The maximum atomic E-state index is 5.18. The molecule has 0 saturated carbocycles. The fourth-order valence-electron chi connectivity index (χ4n) is 1.83. The molecule has 1 aliphatic rings. The van der Waals surface area contributed by atoms with Crippen LogP contribution < -0.4 is 0 Å². The van der Waals surface area contributed by atoms with Crippen molar-refractivity contribution in [2.24, 2.45) is 0 Å². The number of thioether (sulfide) groups is 1. The van der Waals surface area contributed by atoms with E-state index in [1.54, 1.807) is 0 Å². The summed E-state index contributed by atoms with van der Waals surface area (Å²) in [4.78, 5) is 7.85. The molecule has 15 heavy (non-hydrogen) atoms. The van der Waals surface area contributed by atoms with E-state index in [1.165, 1.54) is 30.7 Å². The second-order valence-corrected chi connectivity index (χ2v) is 5.57. The van der Waals surface area contributed by atoms with Gasteiger partial charge in [0.05, 0.1) is 5.25 Å². The van der Waals surface area contributed by atoms with Gasteiger partial charge >= 0.3 is 0 Å². The third kappa shape index (κ3) is 2.82. The van der Waals surface area contributed by atoms with Gasteiger partial charge in [-0.15, -0.1) is 0 Å². The summed E-state index contributed by atoms with van der Waals surface area (Å²) in [6.07, 6.45) is 4.89. The number of nitrogens with zero attached hydrogens (tertiary/aromatic N) is 1. The minimum Gasteiger partial charge on any atom is -0.346 e. The van der Waals surface area contributed by atoms with Gasteiger partial charge in [-0.05, 0) is 31.1 Å². The van der Waals surface area contributed by atoms with E-state index < -0.39 is 0 Å². The maximum Gasteiger partial charge on any atom is 0.130 e. The average Bonchev–Trinajstić information content (AvgIpc) is 2.29. The summed E-state index contributed by atoms with van der Waals surface area (Å²) in [5.41, 5.74) is 1.20. The Bertz CT molecular complexity index is 380. The molecule has 1 aliphatic heterocycles. The van der Waals surface area contributed by atoms with Gasteiger partial charge in [0.2, 0.25) is 0 Å². The van der Waals surface area contributed by atoms with Crippen LogP contribution in [-0.4, -0.2) is 15.7 Å². The van der Waals surface area contributed by atoms with Crippen LogP contribution in [0.25, 0.3) is 0 Å². The van der Waals surface area contributed by atoms with Crippen molar-refractivity contribution < 1.29 is 0 Å². The monoisotopic (exact) mass is 240 g/mol. The van der Waals surface area contributed by atoms with Crippen LogP contribution in [0, 0.1) is 4.64 Å². The molecule has 1 atom stereocenters. The van der Waals surface area contributed by atoms with Gasteiger partial charge in [-0.3, -0.25) is 0 Å². The normalized spacial score (nSPS) is 21.5. The largest absolute Gasteiger partial charge is 0.346 e. The summed E-state index contributed by atoms with van der Waals surface area (Å²) >= 11 is 7.19. The molecule has 1 unspecified atom stereocenters. The molecule has 0 amide bonds. The van der Waals surface area contributed by atoms with E-state index in [0.29, 0.717) is 5.25 Å². The lowest BCUT2D eigenvalue weighted by molar-refractivity contribution is 0.658. The third-order valence-corrected chi connectivity index (χ3v) is 4.28. The zero-order valence-electron chi connectivity index (χ0n) is 8.95. The van der Waals surface area contributed by atoms with Crippen molar-refractivity contribution in [3.63, 3.8) is 0 Å². The fourth-order valence-corrected chi connectivity index (χ4v) is 3.33. The van der Waals surface area contributed by atoms with Crippen LogP contribution in [0.15, 0.2) is 6.07 Å². The number of aromatic amines is 1. The SMILES string of the molecule is CCc1cc(=S)nc(C2CCCCS2)[nH]1. The predicted molar refractivity (Wildman–Crippen MR) is 67.8 cm³/mol. The van der Waals surface area contributed by atoms with Gasteiger partial charge in [-0.2, -0.15) is 11.8 Å². The molecular weight excluding hydrogens is 224 g/mol. The lowest BCUT2D eigenvalue weighted by Crippen LogP contribution is -2.08. The van der Waals surface area contributed by atoms with E-state index in [9.17, 15) is 0 Å². The smallest absolute Gasteiger partial charge is 0.130 e. The van der Waals surface area contributed by atoms with Crippen molar-refractivity contribution >= 4 is 24.0 Å². The number of aryl methyl sites for hydroxylation is 1. The minimum atomic E-state index is 0.534. The number of hydrogen-bond acceptors (Lipinski definition) is 3. The first-order valence-corrected chi connectivity index (χ1v) is 6.97. The molecule has 1 N–H and O–H groups in total. The highest BCUT2D eigenvalue weighted by Crippen LogP contribution is 2.36. The molecule has 2 rings (SSSR count). The molecule has 82 valence electrons. The molecule has 1 fully saturated rings. The second-order valence-electron chi connectivity index (χ2n) is 3.84. The van der Waals surface area contributed by atoms with E-state index in [1.807, 2.05) is 17.8 Å². The summed E-state index contributed by atoms with van der Waals surface area (Å²) in [5.74, 6) is 2.34. The molecule has 0 aromatic carbocycles. The molecule has 1 aromatic rings. The van der Waals surface area contributed by atoms with Gasteiger partial charge < -0.3 is 4.98 Å². The lowest BCUT2D eigenvalue weighted by Gasteiger charge is -2.20. The molecule has 4 heteroatoms. The minimum absolute atomic E-state index is 0.534. The molecule has 0 aliphatic carbocycles. The Morgan fingerprint density at radius 3 is 3.13 bits per heavy atom. The van der Waals surface area contributed by atoms with E-state index in [-0.39, 0.29) is 0 Å². The summed E-state index contributed by atoms with van der Waals surface area (Å²) in [6.45, 7) is 2.14. The number of H-pyrrole nitrogens is 1. The van der Waals surface area contributed by atoms with Gasteiger partial charge in [0.1, 0.15) is 10.5 Å². The number of aromatic nitrogens is 2. The zero-order chi connectivity index (χ0) is 10.7. The van der Waals surface area contributed by atoms with Crippen LogP contribution in [0.5, 0.6) is 0 Å². The van der Waals surface area contributed by atoms with E-state index in [4.69, 9.17) is 12.2 Å². The maximum absolute atomic E-state index is 5.18. The number of rotatable bonds is 2. The molecular formula is C11H16N2S2. The van der Waals surface area contributed by atoms with Gasteiger partial charge in [0, 0.05) is 5.69 Å². The van der Waals surface area contributed by atoms with Crippen molar-refractivity contribution in [2.75, 3.05) is 5.75 Å². The van der Waals surface area contributed by atoms with Crippen LogP contribution in [0.4, 0.5) is 0 Å². The molecule has 2 heterocycles. The fraction of sp³-hybridized carbons (Fsp3) is 0.636. The quantitative estimate of drug-likeness (QED) is 0.800. The zero-order valence-corrected chi connectivity index (χ0v) is 10.6. The predicted octanol–water partition coefficient (Wildman–Crippen LogP) is 3.66. The Morgan fingerprint density at radius 2 is 2.47 bits per heavy atom. The van der Waals surface area contributed by atoms with Crippen molar-refractivity contribution in [2.45, 2.75) is 37.9 Å². The Balaban J connectivity index is 2.26. The average molecular weight is 240 g/mol. The molecule has 2 nitrogen and oxygen atoms in total. The van der Waals surface area contributed by atoms with Gasteiger partial charge in [-0.25, -0.2) is 4.98 Å². The Labute approximate surface area is 99.9 Å². The van der Waals surface area contributed by atoms with Crippen molar-refractivity contribution in [3.8, 4) is 0 Å². The number of hydrogen-bond donors (Lipinski definition) is 1. The van der Waals surface area contributed by atoms with Crippen LogP contribution in [-0.2, 0) is 6.42 Å². The Morgan fingerprint density at radius 1 is 1.60 bits per heavy atom. The molecule has 0 radical (unpaired) electrons. The standard InChI is InChI=1S/C11H16N2S2/c1-2-8-7-10(14)13-11(12-8)9-5-3-4-6-15-9/h7,9H,2-6H2,1H3,(H,12,13,14). The lowest BCUT2D eigenvalue weighted by atomic mass is 10.2. The van der Waals surface area contributed by atoms with Crippen LogP contribution in [0.3, 0.4) is 0 Å². The van der Waals surface area contributed by atoms with Gasteiger partial charge in [0.25, 0.3) is 0 Å². The highest BCUT2D eigenvalue weighted by molar-refractivity contribution is 7.99. The third-order valence-electron chi connectivity index (χ3n) is 2.68. The topological polar surface area (TPSA) is 28.7 Å². The molecule has 1 aromatic heterocycles. The first kappa shape index (κ1) is 11.1. The summed E-state index contributed by atoms with van der Waals surface area (Å²) in [5, 5.41) is 0.534. The van der Waals surface area contributed by atoms with E-state index >= 15 is 0 Å². The van der Waals surface area contributed by atoms with Crippen molar-refractivity contribution in [3.05, 3.63) is 22.2 Å². The van der Waals surface area contributed by atoms with Crippen LogP contribution in [0.2, 0.25) is 0 Å². The summed E-state index contributed by atoms with van der Waals surface area (Å²) in [6, 6.07) is 1.96. The summed E-state index contributed by atoms with van der Waals surface area (Å²) in [7, 11) is 0. The second kappa shape index (κ2) is 5.12. The van der Waals surface area contributed by atoms with E-state index in [2.05, 4.69) is 16.9 Å². The highest BCUT2D eigenvalue weighted by atomic mass is 32.2. The van der Waals surface area contributed by atoms with Gasteiger partial charge in [-0.1, -0.05) is 25.6 Å². The van der Waals surface area contributed by atoms with E-state index in [0.717, 1.165) is 16.9 Å². The van der Waals surface area contributed by atoms with Crippen molar-refractivity contribution in [1.29, 1.82) is 0 Å². The first-order chi connectivity index (χ1) is 7.29. The number of nitrogens with one attached hydrogen (secondary N) is 1. The highest BCUT2D eigenvalue weighted by Gasteiger charge is 2.18. The Hall–Kier alpha value is -0.350. The van der Waals surface area contributed by atoms with Crippen LogP contribution >= 0.6 is 24.0 Å².